The lowest BCUT2D eigenvalue weighted by Crippen LogP contribution is -2.49. The molecule has 9 heteroatoms. The molecule has 268 valence electrons. The molecule has 0 saturated carbocycles. The molecule has 5 aromatic carbocycles. The zero-order valence-electron chi connectivity index (χ0n) is 29.4. The molecule has 7 rings (SSSR count). The smallest absolute Gasteiger partial charge is 0.309 e. The first-order valence-corrected chi connectivity index (χ1v) is 17.5. The third kappa shape index (κ3) is 10.2. The van der Waals surface area contributed by atoms with Crippen molar-refractivity contribution in [3.63, 3.8) is 0 Å². The van der Waals surface area contributed by atoms with Gasteiger partial charge in [-0.1, -0.05) is 60.7 Å². The van der Waals surface area contributed by atoms with Gasteiger partial charge in [0.1, 0.15) is 46.7 Å². The van der Waals surface area contributed by atoms with Gasteiger partial charge < -0.3 is 33.2 Å². The Bertz CT molecular complexity index is 1970. The number of nitrogens with zero attached hydrogens (tertiary/aromatic N) is 1. The number of fused-ring (bicyclic) bond motifs is 1. The van der Waals surface area contributed by atoms with Crippen molar-refractivity contribution in [2.45, 2.75) is 26.7 Å². The van der Waals surface area contributed by atoms with E-state index in [1.165, 1.54) is 0 Å². The Morgan fingerprint density at radius 2 is 1.27 bits per heavy atom. The number of aliphatic carboxylic acids is 1. The lowest BCUT2D eigenvalue weighted by molar-refractivity contribution is -0.152. The summed E-state index contributed by atoms with van der Waals surface area (Å²) in [7, 11) is 0. The van der Waals surface area contributed by atoms with Crippen LogP contribution in [0.1, 0.15) is 19.4 Å². The van der Waals surface area contributed by atoms with E-state index in [0.717, 1.165) is 63.1 Å². The van der Waals surface area contributed by atoms with Gasteiger partial charge in [-0.3, -0.25) is 9.69 Å². The molecule has 0 amide bonds. The normalized spacial score (nSPS) is 12.9. The summed E-state index contributed by atoms with van der Waals surface area (Å²) in [6.45, 7) is 7.42. The van der Waals surface area contributed by atoms with E-state index in [1.807, 2.05) is 135 Å². The number of likely N-dealkylation sites (tertiary alicyclic amines) is 1. The Balaban J connectivity index is 0.000000188. The molecule has 0 atom stereocenters. The quantitative estimate of drug-likeness (QED) is 0.105. The highest BCUT2D eigenvalue weighted by molar-refractivity contribution is 5.84. The lowest BCUT2D eigenvalue weighted by Gasteiger charge is -2.36. The zero-order chi connectivity index (χ0) is 36.1. The van der Waals surface area contributed by atoms with Crippen LogP contribution in [-0.2, 0) is 20.8 Å². The summed E-state index contributed by atoms with van der Waals surface area (Å²) in [5, 5.41) is 9.97. The van der Waals surface area contributed by atoms with Crippen LogP contribution in [0.5, 0.6) is 28.7 Å². The Labute approximate surface area is 303 Å². The molecular weight excluding hydrogens is 658 g/mol. The fourth-order valence-corrected chi connectivity index (χ4v) is 5.65. The maximum absolute atomic E-state index is 10.9. The van der Waals surface area contributed by atoms with Crippen molar-refractivity contribution >= 4 is 16.9 Å². The van der Waals surface area contributed by atoms with Crippen LogP contribution >= 0.6 is 0 Å². The first kappa shape index (κ1) is 36.2. The first-order valence-electron chi connectivity index (χ1n) is 17.5. The molecule has 1 aliphatic heterocycles. The average Bonchev–Trinajstić information content (AvgIpc) is 3.58. The van der Waals surface area contributed by atoms with Crippen LogP contribution in [0.25, 0.3) is 22.3 Å². The minimum Gasteiger partial charge on any atom is -0.488 e. The molecule has 1 saturated heterocycles. The van der Waals surface area contributed by atoms with Crippen LogP contribution in [0.15, 0.2) is 138 Å². The second kappa shape index (κ2) is 18.1. The van der Waals surface area contributed by atoms with Crippen LogP contribution in [0.3, 0.4) is 0 Å². The summed E-state index contributed by atoms with van der Waals surface area (Å²) in [6, 6.07) is 42.9. The topological polar surface area (TPSA) is 99.8 Å². The number of carbonyl (C=O) groups is 1. The molecule has 0 radical (unpaired) electrons. The number of rotatable bonds is 15. The van der Waals surface area contributed by atoms with Crippen LogP contribution in [0, 0.1) is 5.92 Å². The molecule has 2 heterocycles. The van der Waals surface area contributed by atoms with E-state index in [4.69, 9.17) is 33.2 Å². The third-order valence-electron chi connectivity index (χ3n) is 8.31. The van der Waals surface area contributed by atoms with Crippen LogP contribution in [0.2, 0.25) is 0 Å². The fraction of sp³-hybridized carbons (Fsp3) is 0.233. The van der Waals surface area contributed by atoms with Gasteiger partial charge in [-0.25, -0.2) is 0 Å². The van der Waals surface area contributed by atoms with Gasteiger partial charge in [0.15, 0.2) is 6.29 Å². The lowest BCUT2D eigenvalue weighted by atomic mass is 9.99. The number of hydrogen-bond acceptors (Lipinski definition) is 8. The maximum atomic E-state index is 10.9. The summed E-state index contributed by atoms with van der Waals surface area (Å²) in [4.78, 5) is 13.1. The Morgan fingerprint density at radius 3 is 1.87 bits per heavy atom. The van der Waals surface area contributed by atoms with Crippen molar-refractivity contribution in [1.29, 1.82) is 0 Å². The van der Waals surface area contributed by atoms with E-state index in [2.05, 4.69) is 17.0 Å². The van der Waals surface area contributed by atoms with Gasteiger partial charge in [0.05, 0.1) is 5.92 Å². The molecule has 6 aromatic rings. The van der Waals surface area contributed by atoms with Gasteiger partial charge in [-0.15, -0.1) is 0 Å². The molecule has 0 spiro atoms. The summed E-state index contributed by atoms with van der Waals surface area (Å²) in [5.41, 5.74) is 2.99. The molecule has 1 fully saturated rings. The maximum Gasteiger partial charge on any atom is 0.309 e. The molecule has 1 N–H and O–H groups in total. The van der Waals surface area contributed by atoms with Crippen molar-refractivity contribution in [2.24, 2.45) is 5.92 Å². The molecule has 9 nitrogen and oxygen atoms in total. The van der Waals surface area contributed by atoms with Crippen molar-refractivity contribution < 1.29 is 38.0 Å². The number of carboxylic acid groups (broad SMARTS) is 1. The zero-order valence-corrected chi connectivity index (χ0v) is 29.4. The highest BCUT2D eigenvalue weighted by Gasteiger charge is 2.32. The fourth-order valence-electron chi connectivity index (χ4n) is 5.65. The first-order chi connectivity index (χ1) is 25.4. The number of benzene rings is 5. The molecule has 1 aromatic heterocycles. The van der Waals surface area contributed by atoms with Crippen molar-refractivity contribution in [2.75, 3.05) is 32.9 Å². The number of ether oxygens (including phenoxy) is 5. The third-order valence-corrected chi connectivity index (χ3v) is 8.31. The van der Waals surface area contributed by atoms with E-state index in [0.29, 0.717) is 32.9 Å². The van der Waals surface area contributed by atoms with Crippen molar-refractivity contribution in [3.05, 3.63) is 139 Å². The molecular formula is C43H43NO8. The predicted octanol–water partition coefficient (Wildman–Crippen LogP) is 9.67. The number of carboxylic acids is 1. The van der Waals surface area contributed by atoms with E-state index < -0.39 is 5.97 Å². The highest BCUT2D eigenvalue weighted by Crippen LogP contribution is 2.32. The van der Waals surface area contributed by atoms with Crippen LogP contribution < -0.4 is 14.2 Å². The SMILES string of the molecule is CCOC(COc1ccc(Oc2ccccc2)cc1)OCC.O=C(O)C1CN(Cc2ccc(-c3cc4cc(Oc5ccccc5)ccc4o3)cc2)C1. The molecule has 1 aliphatic rings. The number of furan rings is 1. The monoisotopic (exact) mass is 701 g/mol. The summed E-state index contributed by atoms with van der Waals surface area (Å²) >= 11 is 0. The Hall–Kier alpha value is -5.61. The second-order valence-corrected chi connectivity index (χ2v) is 12.2. The van der Waals surface area contributed by atoms with Crippen LogP contribution in [0.4, 0.5) is 0 Å². The average molecular weight is 702 g/mol. The summed E-state index contributed by atoms with van der Waals surface area (Å²) < 4.78 is 34.2. The number of hydrogen-bond donors (Lipinski definition) is 1. The Morgan fingerprint density at radius 1 is 0.712 bits per heavy atom. The summed E-state index contributed by atoms with van der Waals surface area (Å²) in [6.07, 6.45) is -0.338. The molecule has 0 bridgehead atoms. The van der Waals surface area contributed by atoms with Crippen LogP contribution in [-0.4, -0.2) is 55.2 Å². The van der Waals surface area contributed by atoms with Gasteiger partial charge in [-0.05, 0) is 92.2 Å². The van der Waals surface area contributed by atoms with Gasteiger partial charge in [-0.2, -0.15) is 0 Å². The molecule has 52 heavy (non-hydrogen) atoms. The second-order valence-electron chi connectivity index (χ2n) is 12.2. The predicted molar refractivity (Wildman–Crippen MR) is 200 cm³/mol. The van der Waals surface area contributed by atoms with E-state index in [1.54, 1.807) is 0 Å². The van der Waals surface area contributed by atoms with E-state index in [9.17, 15) is 4.79 Å². The minimum atomic E-state index is -0.705. The summed E-state index contributed by atoms with van der Waals surface area (Å²) in [5.74, 6) is 3.78. The molecule has 0 aliphatic carbocycles. The van der Waals surface area contributed by atoms with Crippen molar-refractivity contribution in [3.8, 4) is 40.1 Å². The van der Waals surface area contributed by atoms with E-state index in [-0.39, 0.29) is 12.2 Å². The van der Waals surface area contributed by atoms with Crippen molar-refractivity contribution in [1.82, 2.24) is 4.90 Å². The highest BCUT2D eigenvalue weighted by atomic mass is 16.7. The standard InChI is InChI=1S/C25H21NO4.C18H22O4/c27-25(28)20-15-26(16-20)14-17-6-8-18(9-7-17)24-13-19-12-22(10-11-23(19)30-24)29-21-4-2-1-3-5-21;1-3-19-18(20-4-2)14-21-15-10-12-17(13-11-15)22-16-8-6-5-7-9-16/h1-13,20H,14-16H2,(H,27,28);5-13,18H,3-4,14H2,1-2H3. The Kier molecular flexibility index (Phi) is 12.6. The van der Waals surface area contributed by atoms with Gasteiger partial charge in [0.25, 0.3) is 0 Å². The number of para-hydroxylation sites is 2. The molecule has 0 unspecified atom stereocenters. The van der Waals surface area contributed by atoms with Gasteiger partial charge in [0.2, 0.25) is 0 Å². The van der Waals surface area contributed by atoms with Gasteiger partial charge >= 0.3 is 5.97 Å². The minimum absolute atomic E-state index is 0.226. The van der Waals surface area contributed by atoms with Gasteiger partial charge in [0, 0.05) is 43.8 Å². The largest absolute Gasteiger partial charge is 0.488 e. The van der Waals surface area contributed by atoms with E-state index >= 15 is 0 Å².